The van der Waals surface area contributed by atoms with E-state index in [1.807, 2.05) is 59.5 Å². The van der Waals surface area contributed by atoms with Crippen molar-refractivity contribution in [2.75, 3.05) is 19.1 Å². The lowest BCUT2D eigenvalue weighted by atomic mass is 9.78. The van der Waals surface area contributed by atoms with E-state index in [-0.39, 0.29) is 22.7 Å². The van der Waals surface area contributed by atoms with Gasteiger partial charge in [0.05, 0.1) is 26.2 Å². The number of alkyl halides is 1. The molecule has 0 aliphatic carbocycles. The summed E-state index contributed by atoms with van der Waals surface area (Å²) >= 11 is 3.80. The molecule has 1 unspecified atom stereocenters. The molecule has 0 aromatic heterocycles. The van der Waals surface area contributed by atoms with Crippen LogP contribution < -0.4 is 14.4 Å². The first-order valence-corrected chi connectivity index (χ1v) is 11.3. The number of ether oxygens (including phenoxy) is 2. The zero-order chi connectivity index (χ0) is 21.8. The van der Waals surface area contributed by atoms with Crippen molar-refractivity contribution >= 4 is 27.5 Å². The van der Waals surface area contributed by atoms with Gasteiger partial charge in [-0.15, -0.1) is 0 Å². The van der Waals surface area contributed by atoms with Crippen LogP contribution in [0.3, 0.4) is 0 Å². The van der Waals surface area contributed by atoms with Crippen molar-refractivity contribution in [1.29, 1.82) is 0 Å². The fourth-order valence-electron chi connectivity index (χ4n) is 4.20. The first-order chi connectivity index (χ1) is 15.1. The van der Waals surface area contributed by atoms with Crippen molar-refractivity contribution in [1.82, 2.24) is 0 Å². The zero-order valence-electron chi connectivity index (χ0n) is 17.7. The Kier molecular flexibility index (Phi) is 6.62. The molecule has 1 aliphatic heterocycles. The highest BCUT2D eigenvalue weighted by atomic mass is 79.9. The Balaban J connectivity index is 1.56. The van der Waals surface area contributed by atoms with Crippen LogP contribution in [0.4, 0.5) is 5.69 Å². The Bertz CT molecular complexity index is 1010. The number of β-lactam (4-membered cyclic amide) rings is 1. The Hall–Kier alpha value is -2.79. The van der Waals surface area contributed by atoms with Crippen LogP contribution in [0, 0.1) is 5.92 Å². The first kappa shape index (κ1) is 21.4. The van der Waals surface area contributed by atoms with Crippen molar-refractivity contribution in [3.8, 4) is 11.5 Å². The molecule has 5 heteroatoms. The minimum Gasteiger partial charge on any atom is -0.497 e. The highest BCUT2D eigenvalue weighted by molar-refractivity contribution is 9.09. The Morgan fingerprint density at radius 2 is 1.45 bits per heavy atom. The number of rotatable bonds is 8. The summed E-state index contributed by atoms with van der Waals surface area (Å²) in [4.78, 5) is 15.4. The summed E-state index contributed by atoms with van der Waals surface area (Å²) in [5, 5.41) is 0. The molecule has 3 aromatic carbocycles. The van der Waals surface area contributed by atoms with Gasteiger partial charge in [0.2, 0.25) is 5.91 Å². The molecule has 0 bridgehead atoms. The highest BCUT2D eigenvalue weighted by Crippen LogP contribution is 2.47. The molecule has 3 atom stereocenters. The van der Waals surface area contributed by atoms with Crippen LogP contribution >= 0.6 is 15.9 Å². The molecule has 0 spiro atoms. The number of nitrogens with zero attached hydrogens (tertiary/aromatic N) is 1. The fraction of sp³-hybridized carbons (Fsp3) is 0.269. The second-order valence-corrected chi connectivity index (χ2v) is 8.79. The third kappa shape index (κ3) is 4.47. The molecule has 3 aromatic rings. The minimum atomic E-state index is -0.0562. The molecule has 1 aliphatic rings. The molecular formula is C26H26BrNO3. The second-order valence-electron chi connectivity index (χ2n) is 7.69. The summed E-state index contributed by atoms with van der Waals surface area (Å²) in [6.07, 6.45) is 1.70. The summed E-state index contributed by atoms with van der Waals surface area (Å²) < 4.78 is 10.6. The van der Waals surface area contributed by atoms with E-state index in [4.69, 9.17) is 9.47 Å². The minimum absolute atomic E-state index is 0.00211. The van der Waals surface area contributed by atoms with Gasteiger partial charge < -0.3 is 14.4 Å². The second kappa shape index (κ2) is 9.56. The van der Waals surface area contributed by atoms with E-state index in [0.717, 1.165) is 35.6 Å². The quantitative estimate of drug-likeness (QED) is 0.280. The highest BCUT2D eigenvalue weighted by Gasteiger charge is 2.48. The van der Waals surface area contributed by atoms with Crippen molar-refractivity contribution in [2.24, 2.45) is 5.92 Å². The largest absolute Gasteiger partial charge is 0.497 e. The smallest absolute Gasteiger partial charge is 0.233 e. The Labute approximate surface area is 191 Å². The first-order valence-electron chi connectivity index (χ1n) is 10.4. The summed E-state index contributed by atoms with van der Waals surface area (Å²) in [6, 6.07) is 26.1. The molecule has 1 amide bonds. The number of hydrogen-bond donors (Lipinski definition) is 0. The fourth-order valence-corrected chi connectivity index (χ4v) is 4.77. The van der Waals surface area contributed by atoms with Crippen LogP contribution in [-0.4, -0.2) is 20.1 Å². The van der Waals surface area contributed by atoms with Gasteiger partial charge in [0.1, 0.15) is 11.5 Å². The third-order valence-electron chi connectivity index (χ3n) is 5.91. The molecule has 31 heavy (non-hydrogen) atoms. The van der Waals surface area contributed by atoms with Gasteiger partial charge in [-0.2, -0.15) is 0 Å². The number of anilines is 1. The van der Waals surface area contributed by atoms with Crippen molar-refractivity contribution < 1.29 is 14.3 Å². The summed E-state index contributed by atoms with van der Waals surface area (Å²) in [5.74, 6) is 1.70. The maximum Gasteiger partial charge on any atom is 0.233 e. The number of methoxy groups -OCH3 is 2. The van der Waals surface area contributed by atoms with Crippen LogP contribution in [0.5, 0.6) is 11.5 Å². The van der Waals surface area contributed by atoms with Crippen LogP contribution in [0.25, 0.3) is 0 Å². The molecular weight excluding hydrogens is 454 g/mol. The average Bonchev–Trinajstić information content (AvgIpc) is 2.83. The van der Waals surface area contributed by atoms with Crippen LogP contribution in [0.2, 0.25) is 0 Å². The lowest BCUT2D eigenvalue weighted by Crippen LogP contribution is -2.55. The standard InChI is InChI=1S/C26H26BrNO3/c1-30-21-12-8-19(9-13-21)25-23(16-17-24(27)18-6-4-3-5-7-18)26(29)28(25)20-10-14-22(31-2)15-11-20/h3-15,23-25H,16-17H2,1-2H3/t23-,24?,25-/m1/s1. The van der Waals surface area contributed by atoms with E-state index in [1.165, 1.54) is 5.56 Å². The maximum atomic E-state index is 13.2. The van der Waals surface area contributed by atoms with Crippen LogP contribution in [0.1, 0.15) is 34.8 Å². The van der Waals surface area contributed by atoms with Crippen LogP contribution in [-0.2, 0) is 4.79 Å². The summed E-state index contributed by atoms with van der Waals surface area (Å²) in [5.41, 5.74) is 3.25. The molecule has 4 rings (SSSR count). The Morgan fingerprint density at radius 1 is 0.871 bits per heavy atom. The van der Waals surface area contributed by atoms with E-state index >= 15 is 0 Å². The van der Waals surface area contributed by atoms with E-state index in [2.05, 4.69) is 40.2 Å². The molecule has 1 fully saturated rings. The SMILES string of the molecule is COc1ccc([C@@H]2[C@@H](CCC(Br)c3ccccc3)C(=O)N2c2ccc(OC)cc2)cc1. The van der Waals surface area contributed by atoms with E-state index in [9.17, 15) is 4.79 Å². The van der Waals surface area contributed by atoms with E-state index < -0.39 is 0 Å². The van der Waals surface area contributed by atoms with Gasteiger partial charge in [-0.3, -0.25) is 4.79 Å². The third-order valence-corrected chi connectivity index (χ3v) is 6.90. The summed E-state index contributed by atoms with van der Waals surface area (Å²) in [7, 11) is 3.30. The molecule has 0 N–H and O–H groups in total. The van der Waals surface area contributed by atoms with Crippen molar-refractivity contribution in [3.05, 3.63) is 90.0 Å². The molecule has 4 nitrogen and oxygen atoms in total. The van der Waals surface area contributed by atoms with Gasteiger partial charge in [0.25, 0.3) is 0 Å². The monoisotopic (exact) mass is 479 g/mol. The number of carbonyl (C=O) groups is 1. The Morgan fingerprint density at radius 3 is 2.03 bits per heavy atom. The van der Waals surface area contributed by atoms with Gasteiger partial charge in [0, 0.05) is 10.5 Å². The van der Waals surface area contributed by atoms with Crippen LogP contribution in [0.15, 0.2) is 78.9 Å². The number of carbonyl (C=O) groups excluding carboxylic acids is 1. The molecule has 0 saturated carbocycles. The van der Waals surface area contributed by atoms with E-state index in [0.29, 0.717) is 0 Å². The predicted molar refractivity (Wildman–Crippen MR) is 127 cm³/mol. The topological polar surface area (TPSA) is 38.8 Å². The lowest BCUT2D eigenvalue weighted by Gasteiger charge is -2.48. The van der Waals surface area contributed by atoms with Gasteiger partial charge >= 0.3 is 0 Å². The number of hydrogen-bond acceptors (Lipinski definition) is 3. The number of amides is 1. The molecule has 1 saturated heterocycles. The van der Waals surface area contributed by atoms with Gasteiger partial charge in [-0.1, -0.05) is 58.4 Å². The van der Waals surface area contributed by atoms with Crippen molar-refractivity contribution in [2.45, 2.75) is 23.7 Å². The molecule has 0 radical (unpaired) electrons. The summed E-state index contributed by atoms with van der Waals surface area (Å²) in [6.45, 7) is 0. The van der Waals surface area contributed by atoms with Crippen molar-refractivity contribution in [3.63, 3.8) is 0 Å². The molecule has 1 heterocycles. The number of benzene rings is 3. The lowest BCUT2D eigenvalue weighted by molar-refractivity contribution is -0.130. The number of halogens is 1. The molecule has 160 valence electrons. The van der Waals surface area contributed by atoms with Gasteiger partial charge in [-0.25, -0.2) is 0 Å². The maximum absolute atomic E-state index is 13.2. The van der Waals surface area contributed by atoms with E-state index in [1.54, 1.807) is 14.2 Å². The predicted octanol–water partition coefficient (Wildman–Crippen LogP) is 6.32. The normalized spacial score (nSPS) is 18.9. The average molecular weight is 480 g/mol. The zero-order valence-corrected chi connectivity index (χ0v) is 19.3. The van der Waals surface area contributed by atoms with Gasteiger partial charge in [0.15, 0.2) is 0 Å². The van der Waals surface area contributed by atoms with Gasteiger partial charge in [-0.05, 0) is 60.4 Å².